The molecule has 1 aromatic carbocycles. The summed E-state index contributed by atoms with van der Waals surface area (Å²) in [4.78, 5) is 29.9. The van der Waals surface area contributed by atoms with Gasteiger partial charge in [0.05, 0.1) is 11.1 Å². The van der Waals surface area contributed by atoms with Crippen molar-refractivity contribution in [2.75, 3.05) is 0 Å². The Bertz CT molecular complexity index is 1030. The second-order valence-electron chi connectivity index (χ2n) is 7.18. The molecule has 2 aromatic heterocycles. The maximum absolute atomic E-state index is 13.0. The molecule has 0 amide bonds. The predicted octanol–water partition coefficient (Wildman–Crippen LogP) is 3.56. The molecule has 1 aliphatic carbocycles. The molecular formula is C22H22N2O3. The van der Waals surface area contributed by atoms with E-state index in [0.717, 1.165) is 36.9 Å². The highest BCUT2D eigenvalue weighted by Gasteiger charge is 2.44. The van der Waals surface area contributed by atoms with Gasteiger partial charge >= 0.3 is 5.97 Å². The van der Waals surface area contributed by atoms with Crippen molar-refractivity contribution < 1.29 is 9.53 Å². The minimum Gasteiger partial charge on any atom is -0.458 e. The van der Waals surface area contributed by atoms with E-state index in [1.165, 1.54) is 6.07 Å². The number of esters is 1. The summed E-state index contributed by atoms with van der Waals surface area (Å²) in [6.45, 7) is 1.87. The molecule has 138 valence electrons. The van der Waals surface area contributed by atoms with Gasteiger partial charge in [0.1, 0.15) is 12.3 Å². The summed E-state index contributed by atoms with van der Waals surface area (Å²) >= 11 is 0. The Morgan fingerprint density at radius 1 is 1.11 bits per heavy atom. The third kappa shape index (κ3) is 3.14. The maximum atomic E-state index is 13.0. The summed E-state index contributed by atoms with van der Waals surface area (Å²) in [5.41, 5.74) is 2.12. The molecule has 3 aromatic rings. The fourth-order valence-corrected chi connectivity index (χ4v) is 4.06. The van der Waals surface area contributed by atoms with Gasteiger partial charge in [0.25, 0.3) is 5.56 Å². The van der Waals surface area contributed by atoms with Crippen LogP contribution >= 0.6 is 0 Å². The molecule has 0 spiro atoms. The highest BCUT2D eigenvalue weighted by atomic mass is 16.5. The van der Waals surface area contributed by atoms with Gasteiger partial charge in [-0.25, -0.2) is 4.98 Å². The van der Waals surface area contributed by atoms with Crippen LogP contribution in [0.5, 0.6) is 0 Å². The number of rotatable bonds is 4. The lowest BCUT2D eigenvalue weighted by molar-refractivity contribution is -0.152. The number of hydrogen-bond acceptors (Lipinski definition) is 4. The number of pyridine rings is 1. The molecule has 0 atom stereocenters. The molecule has 1 aliphatic rings. The molecule has 27 heavy (non-hydrogen) atoms. The van der Waals surface area contributed by atoms with E-state index < -0.39 is 5.41 Å². The Morgan fingerprint density at radius 2 is 1.85 bits per heavy atom. The first kappa shape index (κ1) is 17.5. The zero-order valence-corrected chi connectivity index (χ0v) is 15.4. The van der Waals surface area contributed by atoms with Gasteiger partial charge in [-0.05, 0) is 37.5 Å². The van der Waals surface area contributed by atoms with Crippen molar-refractivity contribution in [1.82, 2.24) is 9.38 Å². The first-order valence-corrected chi connectivity index (χ1v) is 9.31. The molecule has 0 N–H and O–H groups in total. The van der Waals surface area contributed by atoms with Crippen LogP contribution in [0.4, 0.5) is 0 Å². The van der Waals surface area contributed by atoms with Gasteiger partial charge < -0.3 is 4.74 Å². The lowest BCUT2D eigenvalue weighted by Gasteiger charge is -2.27. The molecular weight excluding hydrogens is 340 g/mol. The second kappa shape index (κ2) is 6.99. The second-order valence-corrected chi connectivity index (χ2v) is 7.18. The fourth-order valence-electron chi connectivity index (χ4n) is 4.06. The van der Waals surface area contributed by atoms with E-state index in [2.05, 4.69) is 4.98 Å². The van der Waals surface area contributed by atoms with E-state index in [1.54, 1.807) is 10.5 Å². The molecule has 0 unspecified atom stereocenters. The van der Waals surface area contributed by atoms with Gasteiger partial charge in [0.2, 0.25) is 0 Å². The summed E-state index contributed by atoms with van der Waals surface area (Å²) in [7, 11) is 0. The highest BCUT2D eigenvalue weighted by Crippen LogP contribution is 2.42. The van der Waals surface area contributed by atoms with Crippen LogP contribution < -0.4 is 5.56 Å². The predicted molar refractivity (Wildman–Crippen MR) is 103 cm³/mol. The molecule has 0 saturated heterocycles. The Hall–Kier alpha value is -2.95. The number of carbonyl (C=O) groups excluding carboxylic acids is 1. The number of ether oxygens (including phenoxy) is 1. The lowest BCUT2D eigenvalue weighted by atomic mass is 9.79. The number of benzene rings is 1. The molecule has 4 rings (SSSR count). The topological polar surface area (TPSA) is 60.7 Å². The summed E-state index contributed by atoms with van der Waals surface area (Å²) < 4.78 is 7.20. The lowest BCUT2D eigenvalue weighted by Crippen LogP contribution is -2.34. The summed E-state index contributed by atoms with van der Waals surface area (Å²) in [5, 5.41) is 0. The Morgan fingerprint density at radius 3 is 2.59 bits per heavy atom. The number of nitrogens with zero attached hydrogens (tertiary/aromatic N) is 2. The van der Waals surface area contributed by atoms with E-state index in [9.17, 15) is 9.59 Å². The number of aromatic nitrogens is 2. The van der Waals surface area contributed by atoms with Crippen molar-refractivity contribution in [3.05, 3.63) is 81.9 Å². The van der Waals surface area contributed by atoms with Crippen LogP contribution in [0.1, 0.15) is 42.6 Å². The third-order valence-corrected chi connectivity index (χ3v) is 5.46. The largest absolute Gasteiger partial charge is 0.458 e. The quantitative estimate of drug-likeness (QED) is 0.666. The molecule has 5 heteroatoms. The van der Waals surface area contributed by atoms with Crippen LogP contribution in [-0.4, -0.2) is 15.4 Å². The Labute approximate surface area is 157 Å². The van der Waals surface area contributed by atoms with Crippen LogP contribution in [0.25, 0.3) is 5.65 Å². The molecule has 0 bridgehead atoms. The van der Waals surface area contributed by atoms with Crippen LogP contribution in [0.3, 0.4) is 0 Å². The highest BCUT2D eigenvalue weighted by molar-refractivity contribution is 5.83. The number of fused-ring (bicyclic) bond motifs is 1. The van der Waals surface area contributed by atoms with Crippen LogP contribution in [0, 0.1) is 6.92 Å². The number of aryl methyl sites for hydroxylation is 1. The molecule has 2 heterocycles. The van der Waals surface area contributed by atoms with E-state index in [-0.39, 0.29) is 18.1 Å². The summed E-state index contributed by atoms with van der Waals surface area (Å²) in [6.07, 6.45) is 3.61. The summed E-state index contributed by atoms with van der Waals surface area (Å²) in [5.74, 6) is -0.225. The van der Waals surface area contributed by atoms with E-state index in [1.807, 2.05) is 49.4 Å². The van der Waals surface area contributed by atoms with Crippen LogP contribution in [0.2, 0.25) is 0 Å². The first-order valence-electron chi connectivity index (χ1n) is 9.31. The van der Waals surface area contributed by atoms with Crippen LogP contribution in [0.15, 0.2) is 59.4 Å². The third-order valence-electron chi connectivity index (χ3n) is 5.46. The van der Waals surface area contributed by atoms with Gasteiger partial charge in [-0.3, -0.25) is 14.0 Å². The van der Waals surface area contributed by atoms with E-state index in [0.29, 0.717) is 11.3 Å². The van der Waals surface area contributed by atoms with Gasteiger partial charge in [-0.15, -0.1) is 0 Å². The van der Waals surface area contributed by atoms with Crippen molar-refractivity contribution in [3.8, 4) is 0 Å². The zero-order valence-electron chi connectivity index (χ0n) is 15.4. The molecule has 5 nitrogen and oxygen atoms in total. The SMILES string of the molecule is Cc1cccc2nc(COC(=O)C3(c4ccccc4)CCCC3)cc(=O)n12. The maximum Gasteiger partial charge on any atom is 0.316 e. The van der Waals surface area contributed by atoms with Crippen molar-refractivity contribution in [2.45, 2.75) is 44.6 Å². The average Bonchev–Trinajstić information content (AvgIpc) is 3.18. The minimum atomic E-state index is -0.580. The van der Waals surface area contributed by atoms with Gasteiger partial charge in [-0.2, -0.15) is 0 Å². The number of carbonyl (C=O) groups is 1. The van der Waals surface area contributed by atoms with E-state index in [4.69, 9.17) is 4.74 Å². The Balaban J connectivity index is 1.59. The normalized spacial score (nSPS) is 15.7. The standard InChI is InChI=1S/C22H22N2O3/c1-16-8-7-11-19-23-18(14-20(25)24(16)19)15-27-21(26)22(12-5-6-13-22)17-9-3-2-4-10-17/h2-4,7-11,14H,5-6,12-13,15H2,1H3. The van der Waals surface area contributed by atoms with Crippen molar-refractivity contribution >= 4 is 11.6 Å². The molecule has 0 aliphatic heterocycles. The fraction of sp³-hybridized carbons (Fsp3) is 0.318. The van der Waals surface area contributed by atoms with E-state index >= 15 is 0 Å². The number of hydrogen-bond donors (Lipinski definition) is 0. The summed E-state index contributed by atoms with van der Waals surface area (Å²) in [6, 6.07) is 16.8. The van der Waals surface area contributed by atoms with Gasteiger partial charge in [-0.1, -0.05) is 49.2 Å². The smallest absolute Gasteiger partial charge is 0.316 e. The monoisotopic (exact) mass is 362 g/mol. The average molecular weight is 362 g/mol. The Kier molecular flexibility index (Phi) is 4.52. The van der Waals surface area contributed by atoms with Crippen molar-refractivity contribution in [2.24, 2.45) is 0 Å². The van der Waals surface area contributed by atoms with Gasteiger partial charge in [0, 0.05) is 11.8 Å². The molecule has 0 radical (unpaired) electrons. The van der Waals surface area contributed by atoms with Crippen molar-refractivity contribution in [1.29, 1.82) is 0 Å². The van der Waals surface area contributed by atoms with Crippen LogP contribution in [-0.2, 0) is 21.6 Å². The zero-order chi connectivity index (χ0) is 18.9. The molecule has 1 fully saturated rings. The first-order chi connectivity index (χ1) is 13.1. The van der Waals surface area contributed by atoms with Crippen molar-refractivity contribution in [3.63, 3.8) is 0 Å². The van der Waals surface area contributed by atoms with Gasteiger partial charge in [0.15, 0.2) is 0 Å². The molecule has 1 saturated carbocycles. The minimum absolute atomic E-state index is 0.00704.